The molecule has 2 aliphatic rings. The third kappa shape index (κ3) is 2.81. The maximum Gasteiger partial charge on any atom is 0.275 e. The number of benzene rings is 2. The van der Waals surface area contributed by atoms with Gasteiger partial charge >= 0.3 is 0 Å². The Morgan fingerprint density at radius 1 is 1.22 bits per heavy atom. The van der Waals surface area contributed by atoms with Crippen molar-refractivity contribution in [3.63, 3.8) is 0 Å². The number of ether oxygens (including phenoxy) is 2. The molecule has 6 heteroatoms. The van der Waals surface area contributed by atoms with Crippen LogP contribution < -0.4 is 14.8 Å². The van der Waals surface area contributed by atoms with Gasteiger partial charge in [0.25, 0.3) is 5.69 Å². The Hall–Kier alpha value is -3.02. The third-order valence-corrected chi connectivity index (χ3v) is 5.43. The third-order valence-electron chi connectivity index (χ3n) is 5.43. The Morgan fingerprint density at radius 2 is 2.04 bits per heavy atom. The molecule has 2 aromatic rings. The van der Waals surface area contributed by atoms with E-state index in [2.05, 4.69) is 23.5 Å². The van der Waals surface area contributed by atoms with Crippen LogP contribution in [0.5, 0.6) is 11.5 Å². The Labute approximate surface area is 158 Å². The van der Waals surface area contributed by atoms with Crippen molar-refractivity contribution in [1.29, 1.82) is 0 Å². The van der Waals surface area contributed by atoms with Crippen molar-refractivity contribution < 1.29 is 14.4 Å². The van der Waals surface area contributed by atoms with E-state index in [1.807, 2.05) is 25.1 Å². The number of allylic oxidation sites excluding steroid dienone is 2. The Morgan fingerprint density at radius 3 is 2.78 bits per heavy atom. The maximum atomic E-state index is 11.6. The quantitative estimate of drug-likeness (QED) is 0.466. The summed E-state index contributed by atoms with van der Waals surface area (Å²) >= 11 is 0. The lowest BCUT2D eigenvalue weighted by Crippen LogP contribution is -2.30. The van der Waals surface area contributed by atoms with Crippen LogP contribution >= 0.6 is 0 Å². The van der Waals surface area contributed by atoms with E-state index in [-0.39, 0.29) is 28.5 Å². The van der Waals surface area contributed by atoms with Gasteiger partial charge < -0.3 is 14.8 Å². The lowest BCUT2D eigenvalue weighted by atomic mass is 9.76. The normalized spacial score (nSPS) is 22.5. The first-order valence-electron chi connectivity index (χ1n) is 9.15. The molecule has 3 unspecified atom stereocenters. The summed E-state index contributed by atoms with van der Waals surface area (Å²) in [4.78, 5) is 11.3. The molecule has 1 aliphatic carbocycles. The fourth-order valence-electron chi connectivity index (χ4n) is 4.32. The van der Waals surface area contributed by atoms with E-state index >= 15 is 0 Å². The molecule has 0 bridgehead atoms. The number of nitrogens with zero attached hydrogens (tertiary/aromatic N) is 1. The number of rotatable bonds is 5. The number of nitro groups is 1. The molecule has 0 fully saturated rings. The van der Waals surface area contributed by atoms with Gasteiger partial charge in [-0.25, -0.2) is 0 Å². The molecule has 0 spiro atoms. The van der Waals surface area contributed by atoms with Crippen LogP contribution in [0.4, 0.5) is 11.4 Å². The van der Waals surface area contributed by atoms with Crippen LogP contribution in [0.1, 0.15) is 36.4 Å². The molecule has 1 aliphatic heterocycles. The minimum absolute atomic E-state index is 0.0174. The van der Waals surface area contributed by atoms with Crippen molar-refractivity contribution in [2.24, 2.45) is 5.92 Å². The fraction of sp³-hybridized carbons (Fsp3) is 0.333. The lowest BCUT2D eigenvalue weighted by Gasteiger charge is -2.38. The summed E-state index contributed by atoms with van der Waals surface area (Å²) in [6, 6.07) is 11.2. The van der Waals surface area contributed by atoms with E-state index in [9.17, 15) is 10.1 Å². The molecule has 1 heterocycles. The molecular weight excluding hydrogens is 344 g/mol. The van der Waals surface area contributed by atoms with Crippen LogP contribution in [-0.2, 0) is 0 Å². The van der Waals surface area contributed by atoms with Crippen LogP contribution in [-0.4, -0.2) is 18.6 Å². The van der Waals surface area contributed by atoms with Crippen molar-refractivity contribution in [2.45, 2.75) is 25.3 Å². The van der Waals surface area contributed by atoms with Gasteiger partial charge in [0.15, 0.2) is 0 Å². The zero-order chi connectivity index (χ0) is 19.0. The van der Waals surface area contributed by atoms with Crippen molar-refractivity contribution in [3.05, 3.63) is 69.8 Å². The van der Waals surface area contributed by atoms with Gasteiger partial charge in [0, 0.05) is 17.5 Å². The highest BCUT2D eigenvalue weighted by Gasteiger charge is 2.43. The summed E-state index contributed by atoms with van der Waals surface area (Å²) in [6.45, 7) is 2.55. The standard InChI is InChI=1S/C21H22N2O4/c1-3-27-17-10-5-4-7-15(17)20-14-9-6-8-13(14)19-16(23(24)25)11-12-18(26-2)21(19)22-20/h4-8,10-14,20,22H,3,9H2,1-2H3. The first-order chi connectivity index (χ1) is 13.2. The second-order valence-corrected chi connectivity index (χ2v) is 6.78. The second-order valence-electron chi connectivity index (χ2n) is 6.78. The van der Waals surface area contributed by atoms with Gasteiger partial charge in [-0.1, -0.05) is 30.4 Å². The van der Waals surface area contributed by atoms with Gasteiger partial charge in [0.2, 0.25) is 0 Å². The Balaban J connectivity index is 1.88. The van der Waals surface area contributed by atoms with E-state index in [0.717, 1.165) is 17.7 Å². The van der Waals surface area contributed by atoms with Gasteiger partial charge in [-0.2, -0.15) is 0 Å². The first kappa shape index (κ1) is 17.4. The number of anilines is 1. The predicted molar refractivity (Wildman–Crippen MR) is 104 cm³/mol. The zero-order valence-electron chi connectivity index (χ0n) is 15.3. The number of nitro benzene ring substituents is 1. The summed E-state index contributed by atoms with van der Waals surface area (Å²) in [6.07, 6.45) is 5.06. The second kappa shape index (κ2) is 6.95. The number of para-hydroxylation sites is 1. The van der Waals surface area contributed by atoms with Crippen LogP contribution in [0.15, 0.2) is 48.6 Å². The number of fused-ring (bicyclic) bond motifs is 3. The van der Waals surface area contributed by atoms with E-state index in [1.54, 1.807) is 13.2 Å². The van der Waals surface area contributed by atoms with Gasteiger partial charge in [0.05, 0.1) is 35.9 Å². The number of hydrogen-bond donors (Lipinski definition) is 1. The zero-order valence-corrected chi connectivity index (χ0v) is 15.3. The number of nitrogens with one attached hydrogen (secondary N) is 1. The molecule has 0 saturated heterocycles. The maximum absolute atomic E-state index is 11.6. The monoisotopic (exact) mass is 366 g/mol. The van der Waals surface area contributed by atoms with Crippen LogP contribution in [0, 0.1) is 16.0 Å². The van der Waals surface area contributed by atoms with Crippen molar-refractivity contribution in [3.8, 4) is 11.5 Å². The molecule has 1 N–H and O–H groups in total. The molecule has 0 saturated carbocycles. The van der Waals surface area contributed by atoms with Crippen LogP contribution in [0.25, 0.3) is 0 Å². The highest BCUT2D eigenvalue weighted by Crippen LogP contribution is 2.55. The minimum Gasteiger partial charge on any atom is -0.495 e. The summed E-state index contributed by atoms with van der Waals surface area (Å²) in [5, 5.41) is 15.2. The van der Waals surface area contributed by atoms with Crippen LogP contribution in [0.3, 0.4) is 0 Å². The summed E-state index contributed by atoms with van der Waals surface area (Å²) < 4.78 is 11.4. The molecule has 6 nitrogen and oxygen atoms in total. The molecule has 4 rings (SSSR count). The van der Waals surface area contributed by atoms with Crippen molar-refractivity contribution >= 4 is 11.4 Å². The lowest BCUT2D eigenvalue weighted by molar-refractivity contribution is -0.385. The average Bonchev–Trinajstić information content (AvgIpc) is 3.17. The van der Waals surface area contributed by atoms with E-state index in [1.165, 1.54) is 6.07 Å². The molecule has 0 aromatic heterocycles. The van der Waals surface area contributed by atoms with Crippen LogP contribution in [0.2, 0.25) is 0 Å². The average molecular weight is 366 g/mol. The van der Waals surface area contributed by atoms with Crippen molar-refractivity contribution in [1.82, 2.24) is 0 Å². The van der Waals surface area contributed by atoms with E-state index in [4.69, 9.17) is 9.47 Å². The summed E-state index contributed by atoms with van der Waals surface area (Å²) in [5.41, 5.74) is 2.62. The Bertz CT molecular complexity index is 909. The Kier molecular flexibility index (Phi) is 4.48. The topological polar surface area (TPSA) is 73.6 Å². The SMILES string of the molecule is CCOc1ccccc1C1Nc2c(OC)ccc([N+](=O)[O-])c2C2C=CCC21. The molecular formula is C21H22N2O4. The summed E-state index contributed by atoms with van der Waals surface area (Å²) in [7, 11) is 1.59. The number of methoxy groups -OCH3 is 1. The van der Waals surface area contributed by atoms with Gasteiger partial charge in [-0.3, -0.25) is 10.1 Å². The smallest absolute Gasteiger partial charge is 0.275 e. The fourth-order valence-corrected chi connectivity index (χ4v) is 4.32. The first-order valence-corrected chi connectivity index (χ1v) is 9.15. The molecule has 140 valence electrons. The van der Waals surface area contributed by atoms with Gasteiger partial charge in [-0.15, -0.1) is 0 Å². The summed E-state index contributed by atoms with van der Waals surface area (Å²) in [5.74, 6) is 1.62. The minimum atomic E-state index is -0.308. The van der Waals surface area contributed by atoms with E-state index < -0.39 is 0 Å². The molecule has 0 radical (unpaired) electrons. The van der Waals surface area contributed by atoms with E-state index in [0.29, 0.717) is 23.6 Å². The molecule has 2 aromatic carbocycles. The number of hydrogen-bond acceptors (Lipinski definition) is 5. The highest BCUT2D eigenvalue weighted by molar-refractivity contribution is 5.74. The molecule has 3 atom stereocenters. The van der Waals surface area contributed by atoms with Crippen molar-refractivity contribution in [2.75, 3.05) is 19.0 Å². The largest absolute Gasteiger partial charge is 0.495 e. The predicted octanol–water partition coefficient (Wildman–Crippen LogP) is 4.83. The highest BCUT2D eigenvalue weighted by atomic mass is 16.6. The van der Waals surface area contributed by atoms with Gasteiger partial charge in [-0.05, 0) is 31.4 Å². The molecule has 0 amide bonds. The molecule has 27 heavy (non-hydrogen) atoms. The van der Waals surface area contributed by atoms with Gasteiger partial charge in [0.1, 0.15) is 11.5 Å².